The molecule has 1 heterocycles. The lowest BCUT2D eigenvalue weighted by Gasteiger charge is -2.31. The van der Waals surface area contributed by atoms with Crippen molar-refractivity contribution in [2.45, 2.75) is 38.8 Å². The predicted molar refractivity (Wildman–Crippen MR) is 76.6 cm³/mol. The van der Waals surface area contributed by atoms with E-state index in [1.54, 1.807) is 0 Å². The monoisotopic (exact) mass is 281 g/mol. The minimum absolute atomic E-state index is 0.0434. The molecule has 1 atom stereocenters. The van der Waals surface area contributed by atoms with Crippen LogP contribution in [0, 0.1) is 15.9 Å². The Hall–Kier alpha value is -1.69. The van der Waals surface area contributed by atoms with Crippen LogP contribution in [0.4, 0.5) is 15.8 Å². The molecule has 0 spiro atoms. The molecule has 5 nitrogen and oxygen atoms in total. The van der Waals surface area contributed by atoms with Gasteiger partial charge in [0.2, 0.25) is 0 Å². The molecular formula is C14H20FN3O2. The van der Waals surface area contributed by atoms with Crippen molar-refractivity contribution in [1.29, 1.82) is 0 Å². The number of hydrogen-bond acceptors (Lipinski definition) is 4. The summed E-state index contributed by atoms with van der Waals surface area (Å²) in [5.74, 6) is -0.448. The summed E-state index contributed by atoms with van der Waals surface area (Å²) in [5.41, 5.74) is 0.316. The molecule has 0 bridgehead atoms. The van der Waals surface area contributed by atoms with Crippen LogP contribution in [0.5, 0.6) is 0 Å². The standard InChI is InChI=1S/C14H20FN3O2/c1-10(2)17(9-12-4-3-7-16-12)14-8-11(15)5-6-13(14)18(19)20/h5-6,8,10,12,16H,3-4,7,9H2,1-2H3. The maximum absolute atomic E-state index is 13.5. The van der Waals surface area contributed by atoms with Gasteiger partial charge in [-0.25, -0.2) is 4.39 Å². The summed E-state index contributed by atoms with van der Waals surface area (Å²) in [6.07, 6.45) is 2.16. The third-order valence-corrected chi connectivity index (χ3v) is 3.65. The number of hydrogen-bond donors (Lipinski definition) is 1. The quantitative estimate of drug-likeness (QED) is 0.666. The molecule has 1 aromatic rings. The van der Waals surface area contributed by atoms with Gasteiger partial charge in [-0.1, -0.05) is 0 Å². The topological polar surface area (TPSA) is 58.4 Å². The molecule has 0 radical (unpaired) electrons. The Kier molecular flexibility index (Phi) is 4.54. The van der Waals surface area contributed by atoms with Gasteiger partial charge in [-0.05, 0) is 39.3 Å². The molecule has 0 aliphatic carbocycles. The number of nitro benzene ring substituents is 1. The predicted octanol–water partition coefficient (Wildman–Crippen LogP) is 2.70. The van der Waals surface area contributed by atoms with Gasteiger partial charge in [0.05, 0.1) is 4.92 Å². The molecule has 1 N–H and O–H groups in total. The molecule has 1 aromatic carbocycles. The molecule has 1 aliphatic rings. The number of rotatable bonds is 5. The fraction of sp³-hybridized carbons (Fsp3) is 0.571. The van der Waals surface area contributed by atoms with Gasteiger partial charge in [0.1, 0.15) is 11.5 Å². The Morgan fingerprint density at radius 1 is 1.55 bits per heavy atom. The van der Waals surface area contributed by atoms with E-state index in [-0.39, 0.29) is 11.7 Å². The first-order chi connectivity index (χ1) is 9.49. The van der Waals surface area contributed by atoms with E-state index in [4.69, 9.17) is 0 Å². The third kappa shape index (κ3) is 3.25. The Balaban J connectivity index is 2.32. The number of nitrogens with zero attached hydrogens (tertiary/aromatic N) is 2. The SMILES string of the molecule is CC(C)N(CC1CCCN1)c1cc(F)ccc1[N+](=O)[O-]. The summed E-state index contributed by atoms with van der Waals surface area (Å²) in [7, 11) is 0. The first kappa shape index (κ1) is 14.7. The Bertz CT molecular complexity index is 487. The van der Waals surface area contributed by atoms with Gasteiger partial charge in [0.15, 0.2) is 0 Å². The Morgan fingerprint density at radius 3 is 2.85 bits per heavy atom. The second kappa shape index (κ2) is 6.17. The van der Waals surface area contributed by atoms with Crippen LogP contribution in [0.2, 0.25) is 0 Å². The van der Waals surface area contributed by atoms with E-state index in [1.165, 1.54) is 12.1 Å². The third-order valence-electron chi connectivity index (χ3n) is 3.65. The van der Waals surface area contributed by atoms with Crippen LogP contribution in [-0.2, 0) is 0 Å². The summed E-state index contributed by atoms with van der Waals surface area (Å²) in [6.45, 7) is 5.55. The minimum Gasteiger partial charge on any atom is -0.362 e. The molecule has 110 valence electrons. The van der Waals surface area contributed by atoms with E-state index in [0.29, 0.717) is 18.3 Å². The number of benzene rings is 1. The van der Waals surface area contributed by atoms with Gasteiger partial charge in [0.25, 0.3) is 5.69 Å². The maximum atomic E-state index is 13.5. The van der Waals surface area contributed by atoms with Crippen LogP contribution in [0.25, 0.3) is 0 Å². The summed E-state index contributed by atoms with van der Waals surface area (Å²) >= 11 is 0. The van der Waals surface area contributed by atoms with Crippen molar-refractivity contribution >= 4 is 11.4 Å². The van der Waals surface area contributed by atoms with E-state index in [2.05, 4.69) is 5.32 Å². The van der Waals surface area contributed by atoms with Crippen LogP contribution in [0.1, 0.15) is 26.7 Å². The van der Waals surface area contributed by atoms with E-state index in [1.807, 2.05) is 18.7 Å². The zero-order chi connectivity index (χ0) is 14.7. The number of halogens is 1. The molecule has 1 unspecified atom stereocenters. The van der Waals surface area contributed by atoms with Crippen molar-refractivity contribution in [1.82, 2.24) is 5.32 Å². The minimum atomic E-state index is -0.452. The molecule has 0 amide bonds. The molecule has 2 rings (SSSR count). The lowest BCUT2D eigenvalue weighted by atomic mass is 10.1. The van der Waals surface area contributed by atoms with Crippen molar-refractivity contribution in [3.8, 4) is 0 Å². The van der Waals surface area contributed by atoms with Crippen molar-refractivity contribution in [2.24, 2.45) is 0 Å². The summed E-state index contributed by atoms with van der Waals surface area (Å²) in [6, 6.07) is 4.00. The first-order valence-electron chi connectivity index (χ1n) is 6.93. The molecule has 6 heteroatoms. The normalized spacial score (nSPS) is 18.5. The van der Waals surface area contributed by atoms with Crippen LogP contribution >= 0.6 is 0 Å². The highest BCUT2D eigenvalue weighted by Crippen LogP contribution is 2.31. The van der Waals surface area contributed by atoms with Gasteiger partial charge in [-0.3, -0.25) is 10.1 Å². The second-order valence-corrected chi connectivity index (χ2v) is 5.43. The molecular weight excluding hydrogens is 261 g/mol. The fourth-order valence-electron chi connectivity index (χ4n) is 2.62. The smallest absolute Gasteiger partial charge is 0.292 e. The average molecular weight is 281 g/mol. The van der Waals surface area contributed by atoms with Gasteiger partial charge < -0.3 is 10.2 Å². The fourth-order valence-corrected chi connectivity index (χ4v) is 2.62. The molecule has 1 fully saturated rings. The van der Waals surface area contributed by atoms with Crippen molar-refractivity contribution in [3.63, 3.8) is 0 Å². The summed E-state index contributed by atoms with van der Waals surface area (Å²) in [4.78, 5) is 12.6. The van der Waals surface area contributed by atoms with E-state index in [0.717, 1.165) is 25.5 Å². The van der Waals surface area contributed by atoms with Gasteiger partial charge in [-0.2, -0.15) is 0 Å². The van der Waals surface area contributed by atoms with Crippen LogP contribution in [0.15, 0.2) is 18.2 Å². The van der Waals surface area contributed by atoms with Crippen molar-refractivity contribution < 1.29 is 9.31 Å². The molecule has 1 saturated heterocycles. The zero-order valence-electron chi connectivity index (χ0n) is 11.8. The van der Waals surface area contributed by atoms with Crippen molar-refractivity contribution in [2.75, 3.05) is 18.0 Å². The highest BCUT2D eigenvalue weighted by molar-refractivity contribution is 5.64. The van der Waals surface area contributed by atoms with E-state index >= 15 is 0 Å². The van der Waals surface area contributed by atoms with E-state index < -0.39 is 10.7 Å². The Morgan fingerprint density at radius 2 is 2.30 bits per heavy atom. The summed E-state index contributed by atoms with van der Waals surface area (Å²) < 4.78 is 13.5. The van der Waals surface area contributed by atoms with Crippen LogP contribution in [0.3, 0.4) is 0 Å². The van der Waals surface area contributed by atoms with Gasteiger partial charge in [0, 0.05) is 30.8 Å². The lowest BCUT2D eigenvalue weighted by molar-refractivity contribution is -0.384. The molecule has 1 aliphatic heterocycles. The maximum Gasteiger partial charge on any atom is 0.292 e. The van der Waals surface area contributed by atoms with Gasteiger partial charge >= 0.3 is 0 Å². The van der Waals surface area contributed by atoms with Crippen LogP contribution in [-0.4, -0.2) is 30.1 Å². The zero-order valence-corrected chi connectivity index (χ0v) is 11.8. The summed E-state index contributed by atoms with van der Waals surface area (Å²) in [5, 5.41) is 14.5. The molecule has 0 aromatic heterocycles. The van der Waals surface area contributed by atoms with Gasteiger partial charge in [-0.15, -0.1) is 0 Å². The van der Waals surface area contributed by atoms with Crippen molar-refractivity contribution in [3.05, 3.63) is 34.1 Å². The number of anilines is 1. The largest absolute Gasteiger partial charge is 0.362 e. The van der Waals surface area contributed by atoms with E-state index in [9.17, 15) is 14.5 Å². The highest BCUT2D eigenvalue weighted by Gasteiger charge is 2.25. The second-order valence-electron chi connectivity index (χ2n) is 5.43. The lowest BCUT2D eigenvalue weighted by Crippen LogP contribution is -2.41. The first-order valence-corrected chi connectivity index (χ1v) is 6.93. The average Bonchev–Trinajstić information content (AvgIpc) is 2.87. The number of nitro groups is 1. The van der Waals surface area contributed by atoms with Crippen LogP contribution < -0.4 is 10.2 Å². The highest BCUT2D eigenvalue weighted by atomic mass is 19.1. The molecule has 0 saturated carbocycles. The molecule has 20 heavy (non-hydrogen) atoms. The Labute approximate surface area is 117 Å². The number of nitrogens with one attached hydrogen (secondary N) is 1.